The fraction of sp³-hybridized carbons (Fsp3) is 0.111. The summed E-state index contributed by atoms with van der Waals surface area (Å²) in [6, 6.07) is 14.6. The molecule has 0 unspecified atom stereocenters. The van der Waals surface area contributed by atoms with Gasteiger partial charge in [0.25, 0.3) is 0 Å². The smallest absolute Gasteiger partial charge is 0.339 e. The number of furan rings is 1. The molecule has 3 aromatic rings. The topological polar surface area (TPSA) is 83.5 Å². The standard InChI is InChI=1S/C18H13NO4/c1-11-17(18(20)21)14-8-15(13(9-19)7-16(14)23-11)22-10-12-5-3-2-4-6-12/h2-8H,10H2,1H3,(H,20,21). The van der Waals surface area contributed by atoms with Crippen molar-refractivity contribution in [3.63, 3.8) is 0 Å². The number of aromatic carboxylic acids is 1. The van der Waals surface area contributed by atoms with Crippen molar-refractivity contribution in [1.82, 2.24) is 0 Å². The number of nitriles is 1. The Morgan fingerprint density at radius 2 is 2.04 bits per heavy atom. The fourth-order valence-corrected chi connectivity index (χ4v) is 2.45. The van der Waals surface area contributed by atoms with Crippen LogP contribution in [0, 0.1) is 18.3 Å². The first-order valence-corrected chi connectivity index (χ1v) is 6.97. The van der Waals surface area contributed by atoms with Gasteiger partial charge in [0, 0.05) is 11.5 Å². The van der Waals surface area contributed by atoms with Gasteiger partial charge in [0.2, 0.25) is 0 Å². The van der Waals surface area contributed by atoms with E-state index < -0.39 is 5.97 Å². The molecule has 0 aliphatic carbocycles. The second-order valence-electron chi connectivity index (χ2n) is 5.07. The summed E-state index contributed by atoms with van der Waals surface area (Å²) in [6.07, 6.45) is 0. The molecule has 1 aromatic heterocycles. The molecule has 0 saturated carbocycles. The molecule has 0 radical (unpaired) electrons. The van der Waals surface area contributed by atoms with Crippen LogP contribution in [-0.2, 0) is 6.61 Å². The number of nitrogens with zero attached hydrogens (tertiary/aromatic N) is 1. The van der Waals surface area contributed by atoms with Gasteiger partial charge < -0.3 is 14.3 Å². The number of carboxylic acid groups (broad SMARTS) is 1. The molecule has 0 amide bonds. The Kier molecular flexibility index (Phi) is 3.73. The Morgan fingerprint density at radius 3 is 2.70 bits per heavy atom. The van der Waals surface area contributed by atoms with Crippen molar-refractivity contribution < 1.29 is 19.1 Å². The number of aryl methyl sites for hydroxylation is 1. The zero-order valence-electron chi connectivity index (χ0n) is 12.4. The lowest BCUT2D eigenvalue weighted by molar-refractivity contribution is 0.0697. The average molecular weight is 307 g/mol. The number of fused-ring (bicyclic) bond motifs is 1. The number of rotatable bonds is 4. The van der Waals surface area contributed by atoms with Gasteiger partial charge in [-0.15, -0.1) is 0 Å². The summed E-state index contributed by atoms with van der Waals surface area (Å²) >= 11 is 0. The monoisotopic (exact) mass is 307 g/mol. The third-order valence-corrected chi connectivity index (χ3v) is 3.54. The maximum atomic E-state index is 11.4. The molecular formula is C18H13NO4. The highest BCUT2D eigenvalue weighted by Crippen LogP contribution is 2.32. The summed E-state index contributed by atoms with van der Waals surface area (Å²) in [7, 11) is 0. The van der Waals surface area contributed by atoms with Gasteiger partial charge in [-0.3, -0.25) is 0 Å². The Bertz CT molecular complexity index is 920. The molecule has 1 N–H and O–H groups in total. The van der Waals surface area contributed by atoms with E-state index in [2.05, 4.69) is 0 Å². The number of ether oxygens (including phenoxy) is 1. The molecular weight excluding hydrogens is 294 g/mol. The minimum Gasteiger partial charge on any atom is -0.487 e. The molecule has 5 heteroatoms. The predicted octanol–water partition coefficient (Wildman–Crippen LogP) is 3.89. The van der Waals surface area contributed by atoms with Gasteiger partial charge in [0.05, 0.1) is 5.56 Å². The molecule has 0 bridgehead atoms. The van der Waals surface area contributed by atoms with Gasteiger partial charge in [0.15, 0.2) is 0 Å². The number of hydrogen-bond donors (Lipinski definition) is 1. The first kappa shape index (κ1) is 14.7. The summed E-state index contributed by atoms with van der Waals surface area (Å²) in [5, 5.41) is 19.0. The van der Waals surface area contributed by atoms with Crippen LogP contribution in [0.1, 0.15) is 27.2 Å². The first-order chi connectivity index (χ1) is 11.1. The normalized spacial score (nSPS) is 10.4. The molecule has 3 rings (SSSR count). The van der Waals surface area contributed by atoms with Crippen LogP contribution in [0.2, 0.25) is 0 Å². The summed E-state index contributed by atoms with van der Waals surface area (Å²) in [4.78, 5) is 11.4. The van der Waals surface area contributed by atoms with E-state index in [1.165, 1.54) is 6.07 Å². The van der Waals surface area contributed by atoms with Gasteiger partial charge in [-0.25, -0.2) is 4.79 Å². The lowest BCUT2D eigenvalue weighted by atomic mass is 10.1. The second-order valence-corrected chi connectivity index (χ2v) is 5.07. The van der Waals surface area contributed by atoms with Gasteiger partial charge in [-0.2, -0.15) is 5.26 Å². The van der Waals surface area contributed by atoms with Crippen molar-refractivity contribution in [3.8, 4) is 11.8 Å². The Hall–Kier alpha value is -3.26. The minimum atomic E-state index is -1.07. The molecule has 2 aromatic carbocycles. The van der Waals surface area contributed by atoms with Gasteiger partial charge >= 0.3 is 5.97 Å². The second kappa shape index (κ2) is 5.85. The third kappa shape index (κ3) is 2.74. The maximum Gasteiger partial charge on any atom is 0.339 e. The predicted molar refractivity (Wildman–Crippen MR) is 83.4 cm³/mol. The van der Waals surface area contributed by atoms with Crippen LogP contribution in [0.5, 0.6) is 5.75 Å². The van der Waals surface area contributed by atoms with Crippen molar-refractivity contribution in [3.05, 3.63) is 64.9 Å². The SMILES string of the molecule is Cc1oc2cc(C#N)c(OCc3ccccc3)cc2c1C(=O)O. The lowest BCUT2D eigenvalue weighted by Crippen LogP contribution is -1.99. The van der Waals surface area contributed by atoms with Crippen LogP contribution in [0.3, 0.4) is 0 Å². The van der Waals surface area contributed by atoms with Crippen molar-refractivity contribution in [2.24, 2.45) is 0 Å². The van der Waals surface area contributed by atoms with Crippen LogP contribution in [0.25, 0.3) is 11.0 Å². The van der Waals surface area contributed by atoms with E-state index >= 15 is 0 Å². The van der Waals surface area contributed by atoms with Crippen molar-refractivity contribution in [1.29, 1.82) is 5.26 Å². The van der Waals surface area contributed by atoms with Crippen molar-refractivity contribution in [2.45, 2.75) is 13.5 Å². The quantitative estimate of drug-likeness (QED) is 0.790. The molecule has 5 nitrogen and oxygen atoms in total. The van der Waals surface area contributed by atoms with Crippen LogP contribution in [0.4, 0.5) is 0 Å². The lowest BCUT2D eigenvalue weighted by Gasteiger charge is -2.08. The zero-order valence-corrected chi connectivity index (χ0v) is 12.4. The Balaban J connectivity index is 2.03. The summed E-state index contributed by atoms with van der Waals surface area (Å²) in [5.74, 6) is -0.427. The van der Waals surface area contributed by atoms with E-state index in [0.717, 1.165) is 5.56 Å². The minimum absolute atomic E-state index is 0.0917. The summed E-state index contributed by atoms with van der Waals surface area (Å²) in [5.41, 5.74) is 1.72. The van der Waals surface area contributed by atoms with E-state index in [1.54, 1.807) is 13.0 Å². The average Bonchev–Trinajstić information content (AvgIpc) is 2.87. The molecule has 0 saturated heterocycles. The van der Waals surface area contributed by atoms with E-state index in [9.17, 15) is 15.2 Å². The highest BCUT2D eigenvalue weighted by atomic mass is 16.5. The van der Waals surface area contributed by atoms with Gasteiger partial charge in [0.1, 0.15) is 35.3 Å². The van der Waals surface area contributed by atoms with Gasteiger partial charge in [-0.1, -0.05) is 30.3 Å². The molecule has 0 atom stereocenters. The molecule has 23 heavy (non-hydrogen) atoms. The van der Waals surface area contributed by atoms with Crippen LogP contribution in [-0.4, -0.2) is 11.1 Å². The van der Waals surface area contributed by atoms with Crippen LogP contribution < -0.4 is 4.74 Å². The summed E-state index contributed by atoms with van der Waals surface area (Å²) < 4.78 is 11.1. The van der Waals surface area contributed by atoms with Gasteiger partial charge in [-0.05, 0) is 18.6 Å². The van der Waals surface area contributed by atoms with E-state index in [4.69, 9.17) is 9.15 Å². The number of carbonyl (C=O) groups is 1. The summed E-state index contributed by atoms with van der Waals surface area (Å²) in [6.45, 7) is 1.88. The number of benzene rings is 2. The first-order valence-electron chi connectivity index (χ1n) is 6.97. The maximum absolute atomic E-state index is 11.4. The van der Waals surface area contributed by atoms with E-state index in [0.29, 0.717) is 34.6 Å². The third-order valence-electron chi connectivity index (χ3n) is 3.54. The highest BCUT2D eigenvalue weighted by molar-refractivity contribution is 6.04. The fourth-order valence-electron chi connectivity index (χ4n) is 2.45. The Labute approximate surface area is 132 Å². The zero-order chi connectivity index (χ0) is 16.4. The van der Waals surface area contributed by atoms with Crippen LogP contribution >= 0.6 is 0 Å². The molecule has 0 aliphatic rings. The largest absolute Gasteiger partial charge is 0.487 e. The highest BCUT2D eigenvalue weighted by Gasteiger charge is 2.20. The van der Waals surface area contributed by atoms with E-state index in [-0.39, 0.29) is 5.56 Å². The molecule has 0 fully saturated rings. The van der Waals surface area contributed by atoms with Crippen molar-refractivity contribution >= 4 is 16.9 Å². The van der Waals surface area contributed by atoms with Crippen molar-refractivity contribution in [2.75, 3.05) is 0 Å². The Morgan fingerprint density at radius 1 is 1.30 bits per heavy atom. The molecule has 1 heterocycles. The van der Waals surface area contributed by atoms with E-state index in [1.807, 2.05) is 36.4 Å². The van der Waals surface area contributed by atoms with Crippen LogP contribution in [0.15, 0.2) is 46.9 Å². The molecule has 0 spiro atoms. The number of carboxylic acids is 1. The molecule has 114 valence electrons. The number of hydrogen-bond acceptors (Lipinski definition) is 4. The molecule has 0 aliphatic heterocycles.